The van der Waals surface area contributed by atoms with Crippen LogP contribution in [0, 0.1) is 34.6 Å². The highest BCUT2D eigenvalue weighted by Crippen LogP contribution is 2.36. The SMILES string of the molecule is COc1cc(C)cc(C)c1C(N)c1c(C)oc(C)c1C. The molecule has 0 amide bonds. The zero-order chi connectivity index (χ0) is 15.0. The molecule has 0 fully saturated rings. The van der Waals surface area contributed by atoms with E-state index in [1.807, 2.05) is 19.9 Å². The third kappa shape index (κ3) is 2.34. The van der Waals surface area contributed by atoms with Crippen molar-refractivity contribution >= 4 is 0 Å². The zero-order valence-electron chi connectivity index (χ0n) is 13.1. The Morgan fingerprint density at radius 3 is 2.15 bits per heavy atom. The molecule has 2 N–H and O–H groups in total. The molecule has 1 aromatic heterocycles. The molecular weight excluding hydrogens is 250 g/mol. The molecule has 0 aliphatic heterocycles. The Labute approximate surface area is 120 Å². The predicted octanol–water partition coefficient (Wildman–Crippen LogP) is 3.88. The average Bonchev–Trinajstić information content (AvgIpc) is 2.61. The van der Waals surface area contributed by atoms with Gasteiger partial charge in [-0.05, 0) is 57.4 Å². The highest BCUT2D eigenvalue weighted by molar-refractivity contribution is 5.50. The number of hydrogen-bond acceptors (Lipinski definition) is 3. The van der Waals surface area contributed by atoms with Crippen molar-refractivity contribution in [3.8, 4) is 5.75 Å². The van der Waals surface area contributed by atoms with Gasteiger partial charge in [0.25, 0.3) is 0 Å². The van der Waals surface area contributed by atoms with Gasteiger partial charge in [-0.25, -0.2) is 0 Å². The van der Waals surface area contributed by atoms with Crippen molar-refractivity contribution in [1.82, 2.24) is 0 Å². The fraction of sp³-hybridized carbons (Fsp3) is 0.412. The lowest BCUT2D eigenvalue weighted by Gasteiger charge is -2.19. The Morgan fingerprint density at radius 2 is 1.65 bits per heavy atom. The Hall–Kier alpha value is -1.74. The van der Waals surface area contributed by atoms with Crippen LogP contribution in [0.5, 0.6) is 5.75 Å². The van der Waals surface area contributed by atoms with Gasteiger partial charge in [0.05, 0.1) is 13.2 Å². The van der Waals surface area contributed by atoms with E-state index < -0.39 is 0 Å². The van der Waals surface area contributed by atoms with Gasteiger partial charge in [0.2, 0.25) is 0 Å². The van der Waals surface area contributed by atoms with Gasteiger partial charge in [0.15, 0.2) is 0 Å². The number of nitrogens with two attached hydrogens (primary N) is 1. The van der Waals surface area contributed by atoms with Gasteiger partial charge in [-0.3, -0.25) is 0 Å². The summed E-state index contributed by atoms with van der Waals surface area (Å²) in [5, 5.41) is 0. The normalized spacial score (nSPS) is 12.6. The highest BCUT2D eigenvalue weighted by atomic mass is 16.5. The number of hydrogen-bond donors (Lipinski definition) is 1. The second kappa shape index (κ2) is 5.33. The quantitative estimate of drug-likeness (QED) is 0.923. The van der Waals surface area contributed by atoms with Crippen LogP contribution in [0.25, 0.3) is 0 Å². The van der Waals surface area contributed by atoms with Crippen LogP contribution in [0.2, 0.25) is 0 Å². The van der Waals surface area contributed by atoms with Crippen LogP contribution >= 0.6 is 0 Å². The Balaban J connectivity index is 2.62. The van der Waals surface area contributed by atoms with E-state index in [0.717, 1.165) is 39.5 Å². The first-order chi connectivity index (χ1) is 9.36. The summed E-state index contributed by atoms with van der Waals surface area (Å²) in [7, 11) is 1.69. The molecule has 0 aliphatic carbocycles. The molecule has 1 atom stereocenters. The van der Waals surface area contributed by atoms with Crippen LogP contribution in [0.15, 0.2) is 16.5 Å². The summed E-state index contributed by atoms with van der Waals surface area (Å²) >= 11 is 0. The number of rotatable bonds is 3. The predicted molar refractivity (Wildman–Crippen MR) is 81.4 cm³/mol. The fourth-order valence-electron chi connectivity index (χ4n) is 2.92. The number of aryl methyl sites for hydroxylation is 4. The third-order valence-corrected chi connectivity index (χ3v) is 3.95. The molecule has 0 aliphatic rings. The van der Waals surface area contributed by atoms with Crippen molar-refractivity contribution in [2.24, 2.45) is 5.73 Å². The standard InChI is InChI=1S/C17H23NO2/c1-9-7-10(2)15(14(8-9)19-6)17(18)16-11(3)12(4)20-13(16)5/h7-8,17H,18H2,1-6H3. The number of ether oxygens (including phenoxy) is 1. The van der Waals surface area contributed by atoms with Crippen LogP contribution in [0.4, 0.5) is 0 Å². The molecule has 2 rings (SSSR count). The molecule has 0 radical (unpaired) electrons. The topological polar surface area (TPSA) is 48.4 Å². The van der Waals surface area contributed by atoms with Crippen LogP contribution in [-0.4, -0.2) is 7.11 Å². The van der Waals surface area contributed by atoms with Crippen molar-refractivity contribution in [3.63, 3.8) is 0 Å². The summed E-state index contributed by atoms with van der Waals surface area (Å²) < 4.78 is 11.2. The third-order valence-electron chi connectivity index (χ3n) is 3.95. The molecule has 1 unspecified atom stereocenters. The number of benzene rings is 1. The Bertz CT molecular complexity index is 641. The van der Waals surface area contributed by atoms with E-state index in [4.69, 9.17) is 14.9 Å². The maximum atomic E-state index is 6.52. The van der Waals surface area contributed by atoms with Gasteiger partial charge < -0.3 is 14.9 Å². The Kier molecular flexibility index (Phi) is 3.91. The highest BCUT2D eigenvalue weighted by Gasteiger charge is 2.23. The molecule has 0 saturated heterocycles. The van der Waals surface area contributed by atoms with Crippen LogP contribution < -0.4 is 10.5 Å². The van der Waals surface area contributed by atoms with E-state index in [9.17, 15) is 0 Å². The second-order valence-electron chi connectivity index (χ2n) is 5.43. The minimum atomic E-state index is -0.233. The molecule has 0 bridgehead atoms. The molecule has 0 saturated carbocycles. The monoisotopic (exact) mass is 273 g/mol. The van der Waals surface area contributed by atoms with E-state index in [1.165, 1.54) is 5.56 Å². The lowest BCUT2D eigenvalue weighted by atomic mass is 9.91. The zero-order valence-corrected chi connectivity index (χ0v) is 13.1. The van der Waals surface area contributed by atoms with Crippen molar-refractivity contribution in [2.45, 2.75) is 40.7 Å². The van der Waals surface area contributed by atoms with Crippen molar-refractivity contribution in [2.75, 3.05) is 7.11 Å². The van der Waals surface area contributed by atoms with E-state index in [0.29, 0.717) is 0 Å². The lowest BCUT2D eigenvalue weighted by molar-refractivity contribution is 0.406. The van der Waals surface area contributed by atoms with Crippen molar-refractivity contribution in [1.29, 1.82) is 0 Å². The van der Waals surface area contributed by atoms with E-state index >= 15 is 0 Å². The molecule has 1 heterocycles. The molecule has 20 heavy (non-hydrogen) atoms. The van der Waals surface area contributed by atoms with Gasteiger partial charge in [-0.15, -0.1) is 0 Å². The van der Waals surface area contributed by atoms with Crippen LogP contribution in [0.1, 0.15) is 45.4 Å². The Morgan fingerprint density at radius 1 is 1.00 bits per heavy atom. The van der Waals surface area contributed by atoms with Crippen molar-refractivity contribution in [3.05, 3.63) is 51.5 Å². The largest absolute Gasteiger partial charge is 0.496 e. The summed E-state index contributed by atoms with van der Waals surface area (Å²) in [6, 6.07) is 3.93. The molecule has 0 spiro atoms. The number of methoxy groups -OCH3 is 1. The molecule has 3 nitrogen and oxygen atoms in total. The fourth-order valence-corrected chi connectivity index (χ4v) is 2.92. The van der Waals surface area contributed by atoms with Gasteiger partial charge in [-0.2, -0.15) is 0 Å². The van der Waals surface area contributed by atoms with Gasteiger partial charge in [0.1, 0.15) is 17.3 Å². The number of furan rings is 1. The minimum Gasteiger partial charge on any atom is -0.496 e. The summed E-state index contributed by atoms with van der Waals surface area (Å²) in [6.07, 6.45) is 0. The summed E-state index contributed by atoms with van der Waals surface area (Å²) in [5.74, 6) is 2.65. The summed E-state index contributed by atoms with van der Waals surface area (Å²) in [5.41, 5.74) is 12.1. The van der Waals surface area contributed by atoms with Gasteiger partial charge in [0, 0.05) is 11.1 Å². The summed E-state index contributed by atoms with van der Waals surface area (Å²) in [6.45, 7) is 10.1. The molecular formula is C17H23NO2. The first-order valence-corrected chi connectivity index (χ1v) is 6.84. The molecule has 3 heteroatoms. The maximum Gasteiger partial charge on any atom is 0.124 e. The van der Waals surface area contributed by atoms with Crippen molar-refractivity contribution < 1.29 is 9.15 Å². The summed E-state index contributed by atoms with van der Waals surface area (Å²) in [4.78, 5) is 0. The maximum absolute atomic E-state index is 6.52. The van der Waals surface area contributed by atoms with Gasteiger partial charge in [-0.1, -0.05) is 6.07 Å². The van der Waals surface area contributed by atoms with Gasteiger partial charge >= 0.3 is 0 Å². The molecule has 108 valence electrons. The van der Waals surface area contributed by atoms with E-state index in [2.05, 4.69) is 26.8 Å². The van der Waals surface area contributed by atoms with E-state index in [-0.39, 0.29) is 6.04 Å². The minimum absolute atomic E-state index is 0.233. The van der Waals surface area contributed by atoms with E-state index in [1.54, 1.807) is 7.11 Å². The van der Waals surface area contributed by atoms with Crippen LogP contribution in [0.3, 0.4) is 0 Å². The second-order valence-corrected chi connectivity index (χ2v) is 5.43. The average molecular weight is 273 g/mol. The smallest absolute Gasteiger partial charge is 0.124 e. The first kappa shape index (κ1) is 14.7. The first-order valence-electron chi connectivity index (χ1n) is 6.84. The molecule has 2 aromatic rings. The van der Waals surface area contributed by atoms with Crippen LogP contribution in [-0.2, 0) is 0 Å². The lowest BCUT2D eigenvalue weighted by Crippen LogP contribution is -2.16. The molecule has 1 aromatic carbocycles.